The van der Waals surface area contributed by atoms with Crippen molar-refractivity contribution in [2.24, 2.45) is 5.92 Å². The molecule has 1 atom stereocenters. The van der Waals surface area contributed by atoms with Crippen molar-refractivity contribution in [3.05, 3.63) is 64.9 Å². The summed E-state index contributed by atoms with van der Waals surface area (Å²) in [6.45, 7) is 0. The molecule has 0 saturated carbocycles. The van der Waals surface area contributed by atoms with Crippen LogP contribution in [0.5, 0.6) is 0 Å². The van der Waals surface area contributed by atoms with E-state index in [9.17, 15) is 14.0 Å². The SMILES string of the molecule is O=C1CC(Cc2cccc(F)c2)C(=O)N1c1cccc(Cl)c1. The van der Waals surface area contributed by atoms with Crippen LogP contribution in [0.1, 0.15) is 12.0 Å². The zero-order chi connectivity index (χ0) is 15.7. The smallest absolute Gasteiger partial charge is 0.237 e. The Morgan fingerprint density at radius 2 is 1.91 bits per heavy atom. The van der Waals surface area contributed by atoms with Gasteiger partial charge in [-0.25, -0.2) is 4.39 Å². The predicted molar refractivity (Wildman–Crippen MR) is 82.2 cm³/mol. The lowest BCUT2D eigenvalue weighted by atomic mass is 9.98. The van der Waals surface area contributed by atoms with Gasteiger partial charge in [0.2, 0.25) is 11.8 Å². The third-order valence-electron chi connectivity index (χ3n) is 3.68. The first-order valence-electron chi connectivity index (χ1n) is 6.91. The Hall–Kier alpha value is -2.20. The number of anilines is 1. The summed E-state index contributed by atoms with van der Waals surface area (Å²) < 4.78 is 13.2. The molecule has 1 aliphatic rings. The van der Waals surface area contributed by atoms with Crippen LogP contribution in [-0.2, 0) is 16.0 Å². The van der Waals surface area contributed by atoms with Crippen LogP contribution in [0.25, 0.3) is 0 Å². The van der Waals surface area contributed by atoms with Gasteiger partial charge in [0, 0.05) is 11.4 Å². The first-order chi connectivity index (χ1) is 10.5. The van der Waals surface area contributed by atoms with E-state index in [0.29, 0.717) is 22.7 Å². The second kappa shape index (κ2) is 5.89. The summed E-state index contributed by atoms with van der Waals surface area (Å²) in [4.78, 5) is 25.8. The van der Waals surface area contributed by atoms with Gasteiger partial charge in [-0.2, -0.15) is 0 Å². The fourth-order valence-electron chi connectivity index (χ4n) is 2.69. The molecule has 0 aliphatic carbocycles. The van der Waals surface area contributed by atoms with E-state index < -0.39 is 5.92 Å². The second-order valence-corrected chi connectivity index (χ2v) is 5.72. The van der Waals surface area contributed by atoms with Crippen LogP contribution in [0.4, 0.5) is 10.1 Å². The number of halogens is 2. The molecule has 1 heterocycles. The van der Waals surface area contributed by atoms with E-state index in [-0.39, 0.29) is 24.1 Å². The number of carbonyl (C=O) groups is 2. The van der Waals surface area contributed by atoms with Gasteiger partial charge in [-0.1, -0.05) is 29.8 Å². The molecule has 112 valence electrons. The number of imide groups is 1. The lowest BCUT2D eigenvalue weighted by Gasteiger charge is -2.15. The molecule has 22 heavy (non-hydrogen) atoms. The lowest BCUT2D eigenvalue weighted by Crippen LogP contribution is -2.30. The first-order valence-corrected chi connectivity index (χ1v) is 7.29. The molecule has 5 heteroatoms. The van der Waals surface area contributed by atoms with E-state index in [1.165, 1.54) is 12.1 Å². The number of hydrogen-bond donors (Lipinski definition) is 0. The minimum Gasteiger partial charge on any atom is -0.274 e. The zero-order valence-electron chi connectivity index (χ0n) is 11.6. The number of nitrogens with zero attached hydrogens (tertiary/aromatic N) is 1. The highest BCUT2D eigenvalue weighted by molar-refractivity contribution is 6.31. The molecule has 0 aromatic heterocycles. The Morgan fingerprint density at radius 3 is 2.64 bits per heavy atom. The van der Waals surface area contributed by atoms with Gasteiger partial charge in [0.1, 0.15) is 5.82 Å². The Bertz CT molecular complexity index is 747. The largest absolute Gasteiger partial charge is 0.274 e. The first kappa shape index (κ1) is 14.7. The van der Waals surface area contributed by atoms with Crippen LogP contribution in [0.3, 0.4) is 0 Å². The van der Waals surface area contributed by atoms with E-state index in [0.717, 1.165) is 4.90 Å². The van der Waals surface area contributed by atoms with Gasteiger partial charge in [0.15, 0.2) is 0 Å². The average Bonchev–Trinajstić information content (AvgIpc) is 2.73. The molecule has 0 spiro atoms. The molecule has 1 fully saturated rings. The van der Waals surface area contributed by atoms with Crippen molar-refractivity contribution < 1.29 is 14.0 Å². The maximum absolute atomic E-state index is 13.2. The zero-order valence-corrected chi connectivity index (χ0v) is 12.4. The Kier molecular flexibility index (Phi) is 3.94. The van der Waals surface area contributed by atoms with Crippen LogP contribution >= 0.6 is 11.6 Å². The molecule has 0 N–H and O–H groups in total. The van der Waals surface area contributed by atoms with Crippen LogP contribution in [0, 0.1) is 11.7 Å². The van der Waals surface area contributed by atoms with Crippen molar-refractivity contribution in [3.8, 4) is 0 Å². The molecule has 1 aliphatic heterocycles. The lowest BCUT2D eigenvalue weighted by molar-refractivity contribution is -0.122. The number of benzene rings is 2. The minimum atomic E-state index is -0.465. The molecule has 1 unspecified atom stereocenters. The molecule has 2 aromatic rings. The fraction of sp³-hybridized carbons (Fsp3) is 0.176. The number of hydrogen-bond acceptors (Lipinski definition) is 2. The average molecular weight is 318 g/mol. The molecule has 0 bridgehead atoms. The Balaban J connectivity index is 1.82. The highest BCUT2D eigenvalue weighted by Gasteiger charge is 2.39. The standard InChI is InChI=1S/C17H13ClFNO2/c18-13-4-2-6-15(10-13)20-16(21)9-12(17(20)22)7-11-3-1-5-14(19)8-11/h1-6,8,10,12H,7,9H2. The highest BCUT2D eigenvalue weighted by atomic mass is 35.5. The van der Waals surface area contributed by atoms with E-state index in [1.54, 1.807) is 36.4 Å². The number of carbonyl (C=O) groups excluding carboxylic acids is 2. The summed E-state index contributed by atoms with van der Waals surface area (Å²) in [5, 5.41) is 0.465. The highest BCUT2D eigenvalue weighted by Crippen LogP contribution is 2.30. The van der Waals surface area contributed by atoms with Crippen LogP contribution in [0.2, 0.25) is 5.02 Å². The molecule has 1 saturated heterocycles. The van der Waals surface area contributed by atoms with Gasteiger partial charge in [0.05, 0.1) is 11.6 Å². The Morgan fingerprint density at radius 1 is 1.14 bits per heavy atom. The van der Waals surface area contributed by atoms with Gasteiger partial charge < -0.3 is 0 Å². The topological polar surface area (TPSA) is 37.4 Å². The van der Waals surface area contributed by atoms with Crippen molar-refractivity contribution in [2.75, 3.05) is 4.90 Å². The van der Waals surface area contributed by atoms with Crippen LogP contribution in [-0.4, -0.2) is 11.8 Å². The van der Waals surface area contributed by atoms with Gasteiger partial charge in [-0.05, 0) is 42.3 Å². The summed E-state index contributed by atoms with van der Waals surface area (Å²) in [6, 6.07) is 12.7. The molecule has 2 aromatic carbocycles. The predicted octanol–water partition coefficient (Wildman–Crippen LogP) is 3.60. The van der Waals surface area contributed by atoms with Gasteiger partial charge in [-0.3, -0.25) is 14.5 Å². The van der Waals surface area contributed by atoms with Crippen LogP contribution in [0.15, 0.2) is 48.5 Å². The van der Waals surface area contributed by atoms with Gasteiger partial charge in [-0.15, -0.1) is 0 Å². The third-order valence-corrected chi connectivity index (χ3v) is 3.91. The molecule has 3 rings (SSSR count). The van der Waals surface area contributed by atoms with Crippen molar-refractivity contribution in [2.45, 2.75) is 12.8 Å². The summed E-state index contributed by atoms with van der Waals surface area (Å²) >= 11 is 5.91. The second-order valence-electron chi connectivity index (χ2n) is 5.28. The van der Waals surface area contributed by atoms with Crippen molar-refractivity contribution in [1.82, 2.24) is 0 Å². The van der Waals surface area contributed by atoms with Crippen molar-refractivity contribution in [1.29, 1.82) is 0 Å². The minimum absolute atomic E-state index is 0.127. The molecule has 2 amide bonds. The number of rotatable bonds is 3. The fourth-order valence-corrected chi connectivity index (χ4v) is 2.87. The quantitative estimate of drug-likeness (QED) is 0.811. The van der Waals surface area contributed by atoms with Crippen molar-refractivity contribution >= 4 is 29.1 Å². The maximum atomic E-state index is 13.2. The van der Waals surface area contributed by atoms with Crippen LogP contribution < -0.4 is 4.90 Å². The van der Waals surface area contributed by atoms with E-state index in [4.69, 9.17) is 11.6 Å². The van der Waals surface area contributed by atoms with Gasteiger partial charge >= 0.3 is 0 Å². The molecule has 0 radical (unpaired) electrons. The summed E-state index contributed by atoms with van der Waals surface area (Å²) in [7, 11) is 0. The third kappa shape index (κ3) is 2.88. The van der Waals surface area contributed by atoms with Gasteiger partial charge in [0.25, 0.3) is 0 Å². The molecular weight excluding hydrogens is 305 g/mol. The van der Waals surface area contributed by atoms with Crippen molar-refractivity contribution in [3.63, 3.8) is 0 Å². The normalized spacial score (nSPS) is 18.1. The Labute approximate surface area is 132 Å². The summed E-state index contributed by atoms with van der Waals surface area (Å²) in [5.74, 6) is -1.33. The van der Waals surface area contributed by atoms with E-state index >= 15 is 0 Å². The van der Waals surface area contributed by atoms with E-state index in [1.807, 2.05) is 0 Å². The molecule has 3 nitrogen and oxygen atoms in total. The maximum Gasteiger partial charge on any atom is 0.237 e. The monoisotopic (exact) mass is 317 g/mol. The summed E-state index contributed by atoms with van der Waals surface area (Å²) in [6.07, 6.45) is 0.473. The number of amides is 2. The summed E-state index contributed by atoms with van der Waals surface area (Å²) in [5.41, 5.74) is 1.18. The van der Waals surface area contributed by atoms with E-state index in [2.05, 4.69) is 0 Å². The molecular formula is C17H13ClFNO2.